The lowest BCUT2D eigenvalue weighted by Crippen LogP contribution is -2.74. The summed E-state index contributed by atoms with van der Waals surface area (Å²) in [5.41, 5.74) is 5.36. The zero-order valence-corrected chi connectivity index (χ0v) is 30.7. The van der Waals surface area contributed by atoms with Crippen molar-refractivity contribution in [1.29, 1.82) is 0 Å². The molecule has 0 radical (unpaired) electrons. The second kappa shape index (κ2) is 23.8. The lowest BCUT2D eigenvalue weighted by Gasteiger charge is -2.44. The summed E-state index contributed by atoms with van der Waals surface area (Å²) in [6, 6.07) is 43.5. The molecule has 0 atom stereocenters. The molecule has 4 heteroatoms. The van der Waals surface area contributed by atoms with E-state index in [1.165, 1.54) is 104 Å². The molecule has 0 N–H and O–H groups in total. The van der Waals surface area contributed by atoms with Gasteiger partial charge in [0, 0.05) is 11.8 Å². The van der Waals surface area contributed by atoms with Crippen molar-refractivity contribution in [2.75, 3.05) is 37.9 Å². The Labute approximate surface area is 292 Å². The van der Waals surface area contributed by atoms with Crippen molar-refractivity contribution >= 4 is 51.2 Å². The number of halogens is 2. The first-order valence-electron chi connectivity index (χ1n) is 17.9. The first-order chi connectivity index (χ1) is 22.6. The van der Waals surface area contributed by atoms with Gasteiger partial charge in [-0.1, -0.05) is 175 Å². The van der Waals surface area contributed by atoms with Crippen LogP contribution in [0.4, 0.5) is 0 Å². The highest BCUT2D eigenvalue weighted by atomic mass is 35.5. The van der Waals surface area contributed by atoms with E-state index in [1.54, 1.807) is 0 Å². The second-order valence-corrected chi connectivity index (χ2v) is 13.3. The second-order valence-electron chi connectivity index (χ2n) is 12.5. The fourth-order valence-electron chi connectivity index (χ4n) is 6.77. The molecule has 0 aromatic heterocycles. The standard InChI is InChI=1S/C24H20B.C16H36N.C2H4Cl2/c1-5-13-21(14-6-1)25(22-15-7-2-8-16-22,23-17-9-3-10-18-23)24-19-11-4-12-20-24;1-5-9-13-17(14-10-6-2,15-11-7-3)16-12-8-4;3-1-2-4/h1-20H;5-16H2,1-4H3;1-2H2/q-1;+1;. The van der Waals surface area contributed by atoms with Crippen molar-refractivity contribution in [3.63, 3.8) is 0 Å². The summed E-state index contributed by atoms with van der Waals surface area (Å²) in [5.74, 6) is 1.11. The molecule has 0 bridgehead atoms. The molecule has 1 nitrogen and oxygen atoms in total. The van der Waals surface area contributed by atoms with E-state index in [0.29, 0.717) is 11.8 Å². The summed E-state index contributed by atoms with van der Waals surface area (Å²) in [7, 11) is 0. The predicted molar refractivity (Wildman–Crippen MR) is 211 cm³/mol. The zero-order valence-electron chi connectivity index (χ0n) is 29.2. The zero-order chi connectivity index (χ0) is 33.4. The maximum absolute atomic E-state index is 5.05. The van der Waals surface area contributed by atoms with E-state index in [9.17, 15) is 0 Å². The summed E-state index contributed by atoms with van der Waals surface area (Å²) in [5, 5.41) is 0. The molecule has 0 aliphatic heterocycles. The van der Waals surface area contributed by atoms with Gasteiger partial charge in [-0.3, -0.25) is 0 Å². The molecular formula is C42H60BCl2N. The van der Waals surface area contributed by atoms with Crippen LogP contribution in [0.2, 0.25) is 0 Å². The SMILES string of the molecule is CCCC[N+](CCCC)(CCCC)CCCC.ClCCCl.c1ccc([B-](c2ccccc2)(c2ccccc2)c2ccccc2)cc1. The van der Waals surface area contributed by atoms with Gasteiger partial charge in [0.1, 0.15) is 6.15 Å². The van der Waals surface area contributed by atoms with Crippen LogP contribution in [0.3, 0.4) is 0 Å². The minimum absolute atomic E-state index is 0.557. The first kappa shape index (κ1) is 39.7. The van der Waals surface area contributed by atoms with Crippen molar-refractivity contribution in [2.45, 2.75) is 79.1 Å². The highest BCUT2D eigenvalue weighted by molar-refractivity contribution is 7.19. The van der Waals surface area contributed by atoms with Gasteiger partial charge in [-0.15, -0.1) is 23.2 Å². The van der Waals surface area contributed by atoms with Crippen LogP contribution in [-0.4, -0.2) is 48.6 Å². The number of hydrogen-bond acceptors (Lipinski definition) is 0. The van der Waals surface area contributed by atoms with Gasteiger partial charge in [-0.05, 0) is 25.7 Å². The number of rotatable bonds is 17. The Balaban J connectivity index is 0.000000307. The number of quaternary nitrogens is 1. The van der Waals surface area contributed by atoms with E-state index in [-0.39, 0.29) is 0 Å². The summed E-state index contributed by atoms with van der Waals surface area (Å²) in [4.78, 5) is 0. The Morgan fingerprint density at radius 1 is 0.391 bits per heavy atom. The highest BCUT2D eigenvalue weighted by Gasteiger charge is 2.31. The van der Waals surface area contributed by atoms with Crippen LogP contribution in [0, 0.1) is 0 Å². The third kappa shape index (κ3) is 12.3. The molecule has 0 saturated heterocycles. The van der Waals surface area contributed by atoms with E-state index in [2.05, 4.69) is 149 Å². The molecule has 0 amide bonds. The Hall–Kier alpha value is -2.52. The summed E-state index contributed by atoms with van der Waals surface area (Å²) < 4.78 is 1.42. The van der Waals surface area contributed by atoms with Crippen molar-refractivity contribution in [2.24, 2.45) is 0 Å². The lowest BCUT2D eigenvalue weighted by atomic mass is 9.13. The van der Waals surface area contributed by atoms with E-state index in [4.69, 9.17) is 23.2 Å². The number of alkyl halides is 2. The van der Waals surface area contributed by atoms with Gasteiger partial charge in [0.2, 0.25) is 0 Å². The Morgan fingerprint density at radius 3 is 0.783 bits per heavy atom. The van der Waals surface area contributed by atoms with Crippen LogP contribution in [0.15, 0.2) is 121 Å². The molecule has 4 aromatic rings. The number of hydrogen-bond donors (Lipinski definition) is 0. The maximum Gasteiger partial charge on any atom is 0.108 e. The predicted octanol–water partition coefficient (Wildman–Crippen LogP) is 9.53. The van der Waals surface area contributed by atoms with Crippen molar-refractivity contribution in [1.82, 2.24) is 0 Å². The van der Waals surface area contributed by atoms with E-state index < -0.39 is 6.15 Å². The van der Waals surface area contributed by atoms with E-state index in [0.717, 1.165) is 0 Å². The van der Waals surface area contributed by atoms with Crippen LogP contribution < -0.4 is 21.9 Å². The molecule has 0 heterocycles. The monoisotopic (exact) mass is 659 g/mol. The smallest absolute Gasteiger partial charge is 0.108 e. The number of benzene rings is 4. The average molecular weight is 661 g/mol. The van der Waals surface area contributed by atoms with E-state index in [1.807, 2.05) is 0 Å². The average Bonchev–Trinajstić information content (AvgIpc) is 3.13. The minimum Gasteiger partial charge on any atom is -0.324 e. The topological polar surface area (TPSA) is 0 Å². The molecule has 4 aromatic carbocycles. The van der Waals surface area contributed by atoms with Crippen molar-refractivity contribution in [3.8, 4) is 0 Å². The summed E-state index contributed by atoms with van der Waals surface area (Å²) in [6.45, 7) is 15.0. The minimum atomic E-state index is -1.22. The van der Waals surface area contributed by atoms with Gasteiger partial charge < -0.3 is 4.48 Å². The molecule has 0 unspecified atom stereocenters. The van der Waals surface area contributed by atoms with Crippen LogP contribution in [0.1, 0.15) is 79.1 Å². The molecule has 46 heavy (non-hydrogen) atoms. The van der Waals surface area contributed by atoms with Crippen molar-refractivity contribution in [3.05, 3.63) is 121 Å². The van der Waals surface area contributed by atoms with E-state index >= 15 is 0 Å². The van der Waals surface area contributed by atoms with Crippen molar-refractivity contribution < 1.29 is 4.48 Å². The maximum atomic E-state index is 5.05. The van der Waals surface area contributed by atoms with Crippen LogP contribution >= 0.6 is 23.2 Å². The Kier molecular flexibility index (Phi) is 20.5. The van der Waals surface area contributed by atoms with Gasteiger partial charge in [0.15, 0.2) is 0 Å². The lowest BCUT2D eigenvalue weighted by molar-refractivity contribution is -0.929. The number of unbranched alkanes of at least 4 members (excludes halogenated alkanes) is 4. The molecule has 4 rings (SSSR count). The van der Waals surface area contributed by atoms with Gasteiger partial charge in [-0.2, -0.15) is 21.9 Å². The third-order valence-electron chi connectivity index (χ3n) is 9.21. The molecular weight excluding hydrogens is 600 g/mol. The fraction of sp³-hybridized carbons (Fsp3) is 0.429. The highest BCUT2D eigenvalue weighted by Crippen LogP contribution is 2.16. The molecule has 0 aliphatic carbocycles. The van der Waals surface area contributed by atoms with Crippen LogP contribution in [-0.2, 0) is 0 Å². The van der Waals surface area contributed by atoms with Gasteiger partial charge >= 0.3 is 0 Å². The molecule has 0 spiro atoms. The Morgan fingerprint density at radius 2 is 0.609 bits per heavy atom. The van der Waals surface area contributed by atoms with Crippen LogP contribution in [0.5, 0.6) is 0 Å². The summed E-state index contributed by atoms with van der Waals surface area (Å²) >= 11 is 10.1. The Bertz CT molecular complexity index is 1050. The molecule has 250 valence electrons. The van der Waals surface area contributed by atoms with Gasteiger partial charge in [-0.25, -0.2) is 0 Å². The largest absolute Gasteiger partial charge is 0.324 e. The first-order valence-corrected chi connectivity index (χ1v) is 19.0. The molecule has 0 saturated carbocycles. The van der Waals surface area contributed by atoms with Gasteiger partial charge in [0.25, 0.3) is 0 Å². The fourth-order valence-corrected chi connectivity index (χ4v) is 6.77. The molecule has 0 aliphatic rings. The van der Waals surface area contributed by atoms with Gasteiger partial charge in [0.05, 0.1) is 26.2 Å². The quantitative estimate of drug-likeness (QED) is 0.0602. The summed E-state index contributed by atoms with van der Waals surface area (Å²) in [6.07, 6.45) is 9.85. The normalized spacial score (nSPS) is 11.2. The number of nitrogens with zero attached hydrogens (tertiary/aromatic N) is 1. The molecule has 0 fully saturated rings. The third-order valence-corrected chi connectivity index (χ3v) is 9.79. The van der Waals surface area contributed by atoms with Crippen LogP contribution in [0.25, 0.3) is 0 Å².